The molecule has 0 heterocycles. The third kappa shape index (κ3) is 4.72. The smallest absolute Gasteiger partial charge is 0.340 e. The summed E-state index contributed by atoms with van der Waals surface area (Å²) in [6.45, 7) is 5.77. The highest BCUT2D eigenvalue weighted by atomic mass is 35.5. The molecule has 0 aliphatic heterocycles. The third-order valence-corrected chi connectivity index (χ3v) is 5.38. The molecule has 1 amide bonds. The predicted molar refractivity (Wildman–Crippen MR) is 97.1 cm³/mol. The fourth-order valence-corrected chi connectivity index (χ4v) is 3.40. The quantitative estimate of drug-likeness (QED) is 0.475. The highest BCUT2D eigenvalue weighted by Gasteiger charge is 2.30. The number of non-ortho nitro benzene ring substituents is 1. The van der Waals surface area contributed by atoms with E-state index in [1.807, 2.05) is 0 Å². The van der Waals surface area contributed by atoms with Crippen LogP contribution in [0.5, 0.6) is 0 Å². The topological polar surface area (TPSA) is 98.5 Å². The van der Waals surface area contributed by atoms with Gasteiger partial charge in [0.2, 0.25) is 0 Å². The first-order chi connectivity index (χ1) is 12.2. The summed E-state index contributed by atoms with van der Waals surface area (Å²) in [7, 11) is 0. The molecule has 1 fully saturated rings. The zero-order valence-corrected chi connectivity index (χ0v) is 15.8. The van der Waals surface area contributed by atoms with Crippen molar-refractivity contribution in [1.29, 1.82) is 0 Å². The van der Waals surface area contributed by atoms with E-state index in [9.17, 15) is 19.7 Å². The van der Waals surface area contributed by atoms with Gasteiger partial charge >= 0.3 is 5.97 Å². The van der Waals surface area contributed by atoms with Crippen molar-refractivity contribution in [3.05, 3.63) is 38.9 Å². The van der Waals surface area contributed by atoms with E-state index in [1.165, 1.54) is 13.0 Å². The van der Waals surface area contributed by atoms with Crippen molar-refractivity contribution < 1.29 is 19.2 Å². The van der Waals surface area contributed by atoms with Crippen LogP contribution in [0.4, 0.5) is 5.69 Å². The Labute approximate surface area is 157 Å². The van der Waals surface area contributed by atoms with Crippen molar-refractivity contribution in [3.63, 3.8) is 0 Å². The molecule has 7 nitrogen and oxygen atoms in total. The number of halogens is 1. The van der Waals surface area contributed by atoms with Gasteiger partial charge in [0.05, 0.1) is 15.5 Å². The lowest BCUT2D eigenvalue weighted by Gasteiger charge is -2.35. The molecular weight excluding hydrogens is 360 g/mol. The van der Waals surface area contributed by atoms with Crippen molar-refractivity contribution >= 4 is 29.2 Å². The van der Waals surface area contributed by atoms with Crippen LogP contribution in [0.3, 0.4) is 0 Å². The van der Waals surface area contributed by atoms with E-state index >= 15 is 0 Å². The van der Waals surface area contributed by atoms with Crippen LogP contribution in [0.25, 0.3) is 0 Å². The Bertz CT molecular complexity index is 709. The molecular formula is C18H23ClN2O5. The summed E-state index contributed by atoms with van der Waals surface area (Å²) >= 11 is 5.92. The molecule has 1 aromatic rings. The minimum absolute atomic E-state index is 0.0171. The molecule has 0 saturated heterocycles. The first-order valence-corrected chi connectivity index (χ1v) is 9.03. The molecule has 142 valence electrons. The van der Waals surface area contributed by atoms with Gasteiger partial charge in [-0.15, -0.1) is 0 Å². The van der Waals surface area contributed by atoms with E-state index in [4.69, 9.17) is 16.3 Å². The van der Waals surface area contributed by atoms with Gasteiger partial charge in [-0.25, -0.2) is 4.79 Å². The maximum Gasteiger partial charge on any atom is 0.340 e. The van der Waals surface area contributed by atoms with Crippen LogP contribution in [-0.2, 0) is 9.53 Å². The first-order valence-electron chi connectivity index (χ1n) is 8.66. The molecule has 1 N–H and O–H groups in total. The normalized spacial score (nSPS) is 23.8. The van der Waals surface area contributed by atoms with E-state index in [1.54, 1.807) is 0 Å². The van der Waals surface area contributed by atoms with Gasteiger partial charge in [-0.05, 0) is 31.2 Å². The average molecular weight is 383 g/mol. The molecule has 0 radical (unpaired) electrons. The Hall–Kier alpha value is -2.15. The van der Waals surface area contributed by atoms with Gasteiger partial charge in [0.1, 0.15) is 0 Å². The maximum atomic E-state index is 12.3. The lowest BCUT2D eigenvalue weighted by molar-refractivity contribution is -0.384. The Morgan fingerprint density at radius 3 is 2.65 bits per heavy atom. The van der Waals surface area contributed by atoms with E-state index in [2.05, 4.69) is 19.2 Å². The van der Waals surface area contributed by atoms with Crippen LogP contribution in [0.1, 0.15) is 50.4 Å². The van der Waals surface area contributed by atoms with Crippen LogP contribution in [0, 0.1) is 22.0 Å². The van der Waals surface area contributed by atoms with Crippen molar-refractivity contribution in [2.75, 3.05) is 0 Å². The number of benzene rings is 1. The van der Waals surface area contributed by atoms with Gasteiger partial charge in [0.25, 0.3) is 11.6 Å². The number of amides is 1. The Kier molecular flexibility index (Phi) is 6.58. The highest BCUT2D eigenvalue weighted by Crippen LogP contribution is 2.29. The number of nitro benzene ring substituents is 1. The van der Waals surface area contributed by atoms with E-state index < -0.39 is 17.0 Å². The fourth-order valence-electron chi connectivity index (χ4n) is 3.15. The number of carbonyl (C=O) groups is 2. The molecule has 1 aliphatic carbocycles. The zero-order chi connectivity index (χ0) is 19.4. The van der Waals surface area contributed by atoms with Crippen LogP contribution < -0.4 is 5.32 Å². The molecule has 26 heavy (non-hydrogen) atoms. The van der Waals surface area contributed by atoms with Crippen molar-refractivity contribution in [2.24, 2.45) is 11.8 Å². The number of nitrogens with one attached hydrogen (secondary N) is 1. The number of ether oxygens (including phenoxy) is 1. The van der Waals surface area contributed by atoms with Gasteiger partial charge in [0.15, 0.2) is 6.10 Å². The van der Waals surface area contributed by atoms with E-state index in [0.29, 0.717) is 11.8 Å². The zero-order valence-electron chi connectivity index (χ0n) is 15.0. The first kappa shape index (κ1) is 20.2. The Morgan fingerprint density at radius 2 is 2.04 bits per heavy atom. The largest absolute Gasteiger partial charge is 0.449 e. The highest BCUT2D eigenvalue weighted by molar-refractivity contribution is 6.33. The third-order valence-electron chi connectivity index (χ3n) is 5.07. The second-order valence-corrected chi connectivity index (χ2v) is 7.26. The summed E-state index contributed by atoms with van der Waals surface area (Å²) < 4.78 is 5.18. The summed E-state index contributed by atoms with van der Waals surface area (Å²) in [6, 6.07) is 3.53. The molecule has 4 atom stereocenters. The van der Waals surface area contributed by atoms with E-state index in [-0.39, 0.29) is 28.2 Å². The molecule has 1 saturated carbocycles. The van der Waals surface area contributed by atoms with Crippen LogP contribution >= 0.6 is 11.6 Å². The monoisotopic (exact) mass is 382 g/mol. The van der Waals surface area contributed by atoms with Crippen LogP contribution in [0.15, 0.2) is 18.2 Å². The van der Waals surface area contributed by atoms with Crippen molar-refractivity contribution in [2.45, 2.75) is 52.2 Å². The predicted octanol–water partition coefficient (Wildman–Crippen LogP) is 3.73. The summed E-state index contributed by atoms with van der Waals surface area (Å²) in [4.78, 5) is 34.7. The Morgan fingerprint density at radius 1 is 1.35 bits per heavy atom. The lowest BCUT2D eigenvalue weighted by Crippen LogP contribution is -2.47. The molecule has 0 bridgehead atoms. The molecule has 2 rings (SSSR count). The average Bonchev–Trinajstić information content (AvgIpc) is 2.58. The maximum absolute atomic E-state index is 12.3. The van der Waals surface area contributed by atoms with Gasteiger partial charge < -0.3 is 10.1 Å². The number of nitro groups is 1. The number of hydrogen-bond donors (Lipinski definition) is 1. The van der Waals surface area contributed by atoms with Gasteiger partial charge in [-0.1, -0.05) is 38.3 Å². The standard InChI is InChI=1S/C18H23ClN2O5/c1-10-5-4-6-16(11(10)2)20-17(22)12(3)26-18(23)14-8-7-13(21(24)25)9-15(14)19/h7-12,16H,4-6H2,1-3H3,(H,20,22)/t10-,11-,12-,16+/m1/s1. The number of rotatable bonds is 5. The lowest BCUT2D eigenvalue weighted by atomic mass is 9.78. The van der Waals surface area contributed by atoms with Crippen LogP contribution in [-0.4, -0.2) is 28.9 Å². The molecule has 8 heteroatoms. The number of esters is 1. The van der Waals surface area contributed by atoms with Crippen molar-refractivity contribution in [1.82, 2.24) is 5.32 Å². The molecule has 0 aromatic heterocycles. The van der Waals surface area contributed by atoms with Crippen LogP contribution in [0.2, 0.25) is 5.02 Å². The summed E-state index contributed by atoms with van der Waals surface area (Å²) in [5.74, 6) is -0.259. The second kappa shape index (κ2) is 8.49. The summed E-state index contributed by atoms with van der Waals surface area (Å²) in [5.41, 5.74) is -0.241. The molecule has 1 aromatic carbocycles. The molecule has 0 spiro atoms. The summed E-state index contributed by atoms with van der Waals surface area (Å²) in [5, 5.41) is 13.6. The van der Waals surface area contributed by atoms with Gasteiger partial charge in [-0.3, -0.25) is 14.9 Å². The number of carbonyl (C=O) groups excluding carboxylic acids is 2. The molecule has 0 unspecified atom stereocenters. The van der Waals surface area contributed by atoms with Gasteiger partial charge in [0, 0.05) is 18.2 Å². The van der Waals surface area contributed by atoms with Gasteiger partial charge in [-0.2, -0.15) is 0 Å². The molecule has 1 aliphatic rings. The number of hydrogen-bond acceptors (Lipinski definition) is 5. The minimum Gasteiger partial charge on any atom is -0.449 e. The van der Waals surface area contributed by atoms with E-state index in [0.717, 1.165) is 31.4 Å². The SMILES string of the molecule is C[C@@H]1[C@H](C)CCC[C@@H]1NC(=O)[C@@H](C)OC(=O)c1ccc([N+](=O)[O-])cc1Cl. The number of nitrogens with zero attached hydrogens (tertiary/aromatic N) is 1. The fraction of sp³-hybridized carbons (Fsp3) is 0.556. The van der Waals surface area contributed by atoms with Crippen molar-refractivity contribution in [3.8, 4) is 0 Å². The second-order valence-electron chi connectivity index (χ2n) is 6.85. The Balaban J connectivity index is 1.98. The minimum atomic E-state index is -0.988. The summed E-state index contributed by atoms with van der Waals surface area (Å²) in [6.07, 6.45) is 2.13.